The van der Waals surface area contributed by atoms with Gasteiger partial charge in [0.25, 0.3) is 0 Å². The molecular formula is C23H20N6O5S. The second-order valence-electron chi connectivity index (χ2n) is 8.33. The number of rotatable bonds is 7. The lowest BCUT2D eigenvalue weighted by Gasteiger charge is -2.39. The molecule has 178 valence electrons. The van der Waals surface area contributed by atoms with Crippen LogP contribution in [0.4, 0.5) is 5.82 Å². The lowest BCUT2D eigenvalue weighted by molar-refractivity contribution is -0.123. The first-order valence-corrected chi connectivity index (χ1v) is 11.5. The van der Waals surface area contributed by atoms with Crippen molar-refractivity contribution in [3.63, 3.8) is 0 Å². The van der Waals surface area contributed by atoms with Gasteiger partial charge in [0.05, 0.1) is 17.9 Å². The number of hydrogen-bond acceptors (Lipinski definition) is 10. The van der Waals surface area contributed by atoms with E-state index in [2.05, 4.69) is 19.3 Å². The van der Waals surface area contributed by atoms with Crippen molar-refractivity contribution >= 4 is 40.1 Å². The molecule has 0 spiro atoms. The normalized spacial score (nSPS) is 13.7. The minimum Gasteiger partial charge on any atom is -0.477 e. The Labute approximate surface area is 202 Å². The fourth-order valence-corrected chi connectivity index (χ4v) is 4.57. The van der Waals surface area contributed by atoms with Gasteiger partial charge in [-0.05, 0) is 30.2 Å². The van der Waals surface area contributed by atoms with Crippen LogP contribution in [0.25, 0.3) is 16.2 Å². The van der Waals surface area contributed by atoms with Crippen molar-refractivity contribution in [2.75, 3.05) is 18.0 Å². The van der Waals surface area contributed by atoms with E-state index < -0.39 is 11.4 Å². The smallest absolute Gasteiger partial charge is 0.341 e. The number of Topliss-reactive ketones (excluding diaryl/α,β-unsaturated/α-hetero) is 1. The van der Waals surface area contributed by atoms with Crippen LogP contribution in [0, 0.1) is 12.8 Å². The Kier molecular flexibility index (Phi) is 5.83. The van der Waals surface area contributed by atoms with E-state index in [9.17, 15) is 19.5 Å². The van der Waals surface area contributed by atoms with Crippen molar-refractivity contribution < 1.29 is 19.8 Å². The molecule has 5 heterocycles. The number of aliphatic hydroxyl groups excluding tert-OH is 1. The number of anilines is 1. The number of aromatic nitrogens is 5. The van der Waals surface area contributed by atoms with Crippen molar-refractivity contribution in [3.05, 3.63) is 69.5 Å². The summed E-state index contributed by atoms with van der Waals surface area (Å²) in [6.45, 7) is 2.58. The van der Waals surface area contributed by atoms with Crippen molar-refractivity contribution in [2.45, 2.75) is 20.0 Å². The molecule has 35 heavy (non-hydrogen) atoms. The molecule has 0 aromatic carbocycles. The molecule has 12 heteroatoms. The van der Waals surface area contributed by atoms with E-state index in [-0.39, 0.29) is 41.3 Å². The summed E-state index contributed by atoms with van der Waals surface area (Å²) in [4.78, 5) is 52.2. The van der Waals surface area contributed by atoms with Gasteiger partial charge in [0.2, 0.25) is 10.6 Å². The predicted octanol–water partition coefficient (Wildman–Crippen LogP) is 1.38. The molecule has 0 saturated carbocycles. The van der Waals surface area contributed by atoms with Crippen LogP contribution in [-0.4, -0.2) is 58.9 Å². The first kappa shape index (κ1) is 22.7. The summed E-state index contributed by atoms with van der Waals surface area (Å²) in [6.07, 6.45) is 4.34. The number of aliphatic hydroxyl groups is 1. The third kappa shape index (κ3) is 4.17. The van der Waals surface area contributed by atoms with Crippen molar-refractivity contribution in [1.82, 2.24) is 23.9 Å². The van der Waals surface area contributed by atoms with E-state index in [1.54, 1.807) is 31.3 Å². The van der Waals surface area contributed by atoms with E-state index in [1.165, 1.54) is 17.1 Å². The molecule has 0 atom stereocenters. The number of fused-ring (bicyclic) bond motifs is 1. The van der Waals surface area contributed by atoms with Gasteiger partial charge in [-0.2, -0.15) is 4.37 Å². The molecule has 1 aliphatic heterocycles. The quantitative estimate of drug-likeness (QED) is 0.387. The maximum atomic E-state index is 12.9. The van der Waals surface area contributed by atoms with Crippen LogP contribution in [-0.2, 0) is 17.8 Å². The van der Waals surface area contributed by atoms with Gasteiger partial charge in [0, 0.05) is 49.1 Å². The minimum absolute atomic E-state index is 0.0693. The van der Waals surface area contributed by atoms with Gasteiger partial charge >= 0.3 is 5.97 Å². The number of pyridine rings is 3. The topological polar surface area (TPSA) is 151 Å². The zero-order valence-electron chi connectivity index (χ0n) is 18.6. The lowest BCUT2D eigenvalue weighted by atomic mass is 9.92. The monoisotopic (exact) mass is 492 g/mol. The van der Waals surface area contributed by atoms with Crippen LogP contribution in [0.3, 0.4) is 0 Å². The van der Waals surface area contributed by atoms with Crippen LogP contribution < -0.4 is 10.3 Å². The van der Waals surface area contributed by atoms with Gasteiger partial charge in [-0.1, -0.05) is 6.07 Å². The first-order valence-electron chi connectivity index (χ1n) is 10.8. The molecule has 1 aliphatic rings. The number of nitrogens with zero attached hydrogens (tertiary/aromatic N) is 6. The minimum atomic E-state index is -1.33. The molecule has 1 saturated heterocycles. The number of carbonyl (C=O) groups excluding carboxylic acids is 1. The summed E-state index contributed by atoms with van der Waals surface area (Å²) in [5.74, 6) is -0.847. The average molecular weight is 493 g/mol. The van der Waals surface area contributed by atoms with Crippen LogP contribution in [0.2, 0.25) is 0 Å². The molecule has 0 bridgehead atoms. The number of aromatic carboxylic acids is 1. The summed E-state index contributed by atoms with van der Waals surface area (Å²) >= 11 is 1.05. The maximum Gasteiger partial charge on any atom is 0.341 e. The van der Waals surface area contributed by atoms with Crippen LogP contribution in [0.15, 0.2) is 41.7 Å². The molecular weight excluding hydrogens is 472 g/mol. The lowest BCUT2D eigenvalue weighted by Crippen LogP contribution is -2.51. The Balaban J connectivity index is 1.42. The van der Waals surface area contributed by atoms with E-state index in [4.69, 9.17) is 5.11 Å². The number of carboxylic acids is 1. The van der Waals surface area contributed by atoms with Crippen LogP contribution in [0.5, 0.6) is 0 Å². The highest BCUT2D eigenvalue weighted by molar-refractivity contribution is 7.08. The van der Waals surface area contributed by atoms with Crippen molar-refractivity contribution in [3.8, 4) is 5.13 Å². The van der Waals surface area contributed by atoms with Crippen LogP contribution >= 0.6 is 11.5 Å². The molecule has 0 radical (unpaired) electrons. The predicted molar refractivity (Wildman–Crippen MR) is 127 cm³/mol. The third-order valence-corrected chi connectivity index (χ3v) is 6.68. The first-order chi connectivity index (χ1) is 16.9. The molecule has 0 unspecified atom stereocenters. The van der Waals surface area contributed by atoms with Crippen molar-refractivity contribution in [1.29, 1.82) is 0 Å². The Morgan fingerprint density at radius 3 is 2.66 bits per heavy atom. The Morgan fingerprint density at radius 1 is 1.23 bits per heavy atom. The second-order valence-corrected chi connectivity index (χ2v) is 9.09. The molecule has 5 rings (SSSR count). The SMILES string of the molecule is Cc1cc(N2CC(C(=O)Cc3ccc(CO)cn3)C2)nc2c1c(=O)c(C(=O)O)cn2-c1ncns1. The number of carboxylic acid groups (broad SMARTS) is 1. The molecule has 0 aliphatic carbocycles. The van der Waals surface area contributed by atoms with Gasteiger partial charge in [-0.3, -0.25) is 19.1 Å². The second kappa shape index (κ2) is 8.96. The fourth-order valence-electron chi connectivity index (χ4n) is 4.06. The summed E-state index contributed by atoms with van der Waals surface area (Å²) in [5.41, 5.74) is 1.23. The highest BCUT2D eigenvalue weighted by atomic mass is 32.1. The Morgan fingerprint density at radius 2 is 2.03 bits per heavy atom. The van der Waals surface area contributed by atoms with E-state index >= 15 is 0 Å². The number of ketones is 1. The fraction of sp³-hybridized carbons (Fsp3) is 0.261. The largest absolute Gasteiger partial charge is 0.477 e. The molecule has 0 amide bonds. The van der Waals surface area contributed by atoms with Gasteiger partial charge in [-0.15, -0.1) is 0 Å². The van der Waals surface area contributed by atoms with Gasteiger partial charge in [-0.25, -0.2) is 14.8 Å². The number of hydrogen-bond donors (Lipinski definition) is 2. The standard InChI is InChI=1S/C23H20N6O5S/c1-12-4-18(28-7-14(8-28)17(31)5-15-3-2-13(10-30)6-24-15)27-21-19(12)20(32)16(22(33)34)9-29(21)23-25-11-26-35-23/h2-4,6,9,11,14,30H,5,7-8,10H2,1H3,(H,33,34). The summed E-state index contributed by atoms with van der Waals surface area (Å²) in [5, 5.41) is 19.2. The van der Waals surface area contributed by atoms with Gasteiger partial charge in [0.15, 0.2) is 5.65 Å². The molecule has 11 nitrogen and oxygen atoms in total. The molecule has 4 aromatic rings. The van der Waals surface area contributed by atoms with E-state index in [0.717, 1.165) is 11.5 Å². The van der Waals surface area contributed by atoms with Gasteiger partial charge in [0.1, 0.15) is 23.5 Å². The number of aryl methyl sites for hydroxylation is 1. The van der Waals surface area contributed by atoms with E-state index in [0.29, 0.717) is 40.9 Å². The molecule has 1 fully saturated rings. The summed E-state index contributed by atoms with van der Waals surface area (Å²) in [7, 11) is 0. The highest BCUT2D eigenvalue weighted by Crippen LogP contribution is 2.29. The highest BCUT2D eigenvalue weighted by Gasteiger charge is 2.34. The number of carbonyl (C=O) groups is 2. The average Bonchev–Trinajstić information content (AvgIpc) is 3.33. The van der Waals surface area contributed by atoms with E-state index in [1.807, 2.05) is 4.90 Å². The zero-order chi connectivity index (χ0) is 24.7. The molecule has 2 N–H and O–H groups in total. The molecule has 4 aromatic heterocycles. The summed E-state index contributed by atoms with van der Waals surface area (Å²) < 4.78 is 5.44. The third-order valence-electron chi connectivity index (χ3n) is 6.01. The Hall–Kier alpha value is -4.03. The summed E-state index contributed by atoms with van der Waals surface area (Å²) in [6, 6.07) is 5.22. The zero-order valence-corrected chi connectivity index (χ0v) is 19.4. The van der Waals surface area contributed by atoms with Crippen LogP contribution in [0.1, 0.15) is 27.2 Å². The van der Waals surface area contributed by atoms with Gasteiger partial charge < -0.3 is 15.1 Å². The maximum absolute atomic E-state index is 12.9. The Bertz CT molecular complexity index is 1490. The van der Waals surface area contributed by atoms with Crippen molar-refractivity contribution in [2.24, 2.45) is 5.92 Å².